The van der Waals surface area contributed by atoms with Gasteiger partial charge in [0, 0.05) is 10.5 Å². The summed E-state index contributed by atoms with van der Waals surface area (Å²) < 4.78 is 0.587. The fourth-order valence-corrected chi connectivity index (χ4v) is 3.67. The smallest absolute Gasteiger partial charge is 0.250 e. The van der Waals surface area contributed by atoms with Crippen LogP contribution in [0.25, 0.3) is 5.70 Å². The number of carbonyl (C=O) groups excluding carboxylic acids is 1. The third-order valence-corrected chi connectivity index (χ3v) is 4.62. The van der Waals surface area contributed by atoms with Gasteiger partial charge < -0.3 is 0 Å². The Morgan fingerprint density at radius 1 is 1.09 bits per heavy atom. The first-order chi connectivity index (χ1) is 11.1. The molecule has 0 atom stereocenters. The quantitative estimate of drug-likeness (QED) is 0.857. The highest BCUT2D eigenvalue weighted by Crippen LogP contribution is 2.33. The number of thiocarbonyl (C=S) groups is 1. The van der Waals surface area contributed by atoms with Gasteiger partial charge in [-0.25, -0.2) is 5.01 Å². The molecule has 0 aliphatic carbocycles. The number of amides is 1. The van der Waals surface area contributed by atoms with Crippen molar-refractivity contribution in [2.75, 3.05) is 0 Å². The molecule has 3 rings (SSSR count). The van der Waals surface area contributed by atoms with Crippen LogP contribution in [0.15, 0.2) is 65.6 Å². The monoisotopic (exact) mass is 340 g/mol. The number of hydrazine groups is 1. The number of hydrogen-bond donors (Lipinski definition) is 1. The van der Waals surface area contributed by atoms with Crippen LogP contribution >= 0.6 is 24.0 Å². The van der Waals surface area contributed by atoms with Crippen LogP contribution in [0, 0.1) is 0 Å². The largest absolute Gasteiger partial charge is 0.275 e. The number of rotatable bonds is 3. The Labute approximate surface area is 145 Å². The van der Waals surface area contributed by atoms with Gasteiger partial charge in [0.2, 0.25) is 5.91 Å². The molecule has 23 heavy (non-hydrogen) atoms. The molecule has 0 saturated heterocycles. The molecule has 1 aliphatic heterocycles. The van der Waals surface area contributed by atoms with Gasteiger partial charge in [0.15, 0.2) is 4.32 Å². The Morgan fingerprint density at radius 3 is 2.35 bits per heavy atom. The molecule has 0 bridgehead atoms. The molecule has 0 spiro atoms. The van der Waals surface area contributed by atoms with Crippen LogP contribution in [-0.2, 0) is 11.2 Å². The minimum Gasteiger partial charge on any atom is -0.275 e. The number of nitrogens with zero attached hydrogens (tertiary/aromatic N) is 1. The maximum Gasteiger partial charge on any atom is 0.250 e. The first-order valence-electron chi connectivity index (χ1n) is 7.27. The van der Waals surface area contributed by atoms with Gasteiger partial charge in [-0.2, -0.15) is 0 Å². The molecule has 116 valence electrons. The van der Waals surface area contributed by atoms with Crippen molar-refractivity contribution in [1.29, 1.82) is 0 Å². The zero-order valence-corrected chi connectivity index (χ0v) is 14.3. The number of thioether (sulfide) groups is 1. The van der Waals surface area contributed by atoms with Crippen molar-refractivity contribution in [1.82, 2.24) is 10.4 Å². The lowest BCUT2D eigenvalue weighted by Gasteiger charge is -2.32. The zero-order valence-electron chi connectivity index (χ0n) is 12.7. The van der Waals surface area contributed by atoms with E-state index in [0.717, 1.165) is 21.7 Å². The van der Waals surface area contributed by atoms with Crippen LogP contribution in [0.3, 0.4) is 0 Å². The minimum absolute atomic E-state index is 0.0305. The first-order valence-corrected chi connectivity index (χ1v) is 8.49. The van der Waals surface area contributed by atoms with Crippen molar-refractivity contribution in [3.8, 4) is 0 Å². The summed E-state index contributed by atoms with van der Waals surface area (Å²) >= 11 is 6.75. The molecule has 0 aromatic heterocycles. The number of benzene rings is 2. The van der Waals surface area contributed by atoms with Crippen molar-refractivity contribution in [2.24, 2.45) is 0 Å². The standard InChI is InChI=1S/C18H16N2OS2/c1-13-17(15-10-6-3-7-11-15)20(19-18(22)23-13)16(21)12-14-8-4-2-5-9-14/h2-11H,12H2,1H3,(H,19,22). The fourth-order valence-electron chi connectivity index (χ4n) is 2.48. The SMILES string of the molecule is CC1=C(c2ccccc2)N(C(=O)Cc2ccccc2)NC(=S)S1. The summed E-state index contributed by atoms with van der Waals surface area (Å²) in [6, 6.07) is 19.6. The van der Waals surface area contributed by atoms with Gasteiger partial charge in [-0.1, -0.05) is 84.6 Å². The van der Waals surface area contributed by atoms with Crippen LogP contribution in [0.4, 0.5) is 0 Å². The molecule has 1 heterocycles. The molecule has 1 aliphatic rings. The van der Waals surface area contributed by atoms with Crippen molar-refractivity contribution in [3.05, 3.63) is 76.7 Å². The van der Waals surface area contributed by atoms with E-state index in [0.29, 0.717) is 10.7 Å². The summed E-state index contributed by atoms with van der Waals surface area (Å²) in [6.07, 6.45) is 0.324. The highest BCUT2D eigenvalue weighted by atomic mass is 32.2. The Hall–Kier alpha value is -2.11. The maximum atomic E-state index is 12.8. The maximum absolute atomic E-state index is 12.8. The minimum atomic E-state index is -0.0305. The van der Waals surface area contributed by atoms with E-state index in [-0.39, 0.29) is 5.91 Å². The van der Waals surface area contributed by atoms with Gasteiger partial charge in [0.05, 0.1) is 12.1 Å². The second kappa shape index (κ2) is 6.98. The van der Waals surface area contributed by atoms with Gasteiger partial charge in [-0.3, -0.25) is 10.2 Å². The Kier molecular flexibility index (Phi) is 4.79. The molecule has 0 radical (unpaired) electrons. The average molecular weight is 340 g/mol. The molecule has 2 aromatic carbocycles. The van der Waals surface area contributed by atoms with Crippen LogP contribution in [0.5, 0.6) is 0 Å². The molecule has 3 nitrogen and oxygen atoms in total. The molecular weight excluding hydrogens is 324 g/mol. The van der Waals surface area contributed by atoms with Crippen molar-refractivity contribution >= 4 is 39.9 Å². The van der Waals surface area contributed by atoms with E-state index in [1.807, 2.05) is 67.6 Å². The van der Waals surface area contributed by atoms with Crippen molar-refractivity contribution in [3.63, 3.8) is 0 Å². The normalized spacial score (nSPS) is 14.7. The summed E-state index contributed by atoms with van der Waals surface area (Å²) in [6.45, 7) is 1.99. The molecular formula is C18H16N2OS2. The predicted molar refractivity (Wildman–Crippen MR) is 99.4 cm³/mol. The molecule has 0 fully saturated rings. The highest BCUT2D eigenvalue weighted by molar-refractivity contribution is 8.25. The molecule has 1 N–H and O–H groups in total. The van der Waals surface area contributed by atoms with Crippen LogP contribution in [-0.4, -0.2) is 15.2 Å². The Bertz CT molecular complexity index is 757. The molecule has 0 unspecified atom stereocenters. The van der Waals surface area contributed by atoms with Gasteiger partial charge in [-0.05, 0) is 12.5 Å². The zero-order chi connectivity index (χ0) is 16.2. The van der Waals surface area contributed by atoms with E-state index in [1.54, 1.807) is 5.01 Å². The van der Waals surface area contributed by atoms with Gasteiger partial charge in [0.1, 0.15) is 0 Å². The molecule has 1 amide bonds. The first kappa shape index (κ1) is 15.8. The highest BCUT2D eigenvalue weighted by Gasteiger charge is 2.27. The summed E-state index contributed by atoms with van der Waals surface area (Å²) in [7, 11) is 0. The van der Waals surface area contributed by atoms with E-state index >= 15 is 0 Å². The summed E-state index contributed by atoms with van der Waals surface area (Å²) in [4.78, 5) is 13.8. The lowest BCUT2D eigenvalue weighted by molar-refractivity contribution is -0.128. The van der Waals surface area contributed by atoms with Crippen LogP contribution < -0.4 is 5.43 Å². The molecule has 0 saturated carbocycles. The number of hydrogen-bond acceptors (Lipinski definition) is 3. The van der Waals surface area contributed by atoms with E-state index < -0.39 is 0 Å². The second-order valence-electron chi connectivity index (χ2n) is 5.16. The second-order valence-corrected chi connectivity index (χ2v) is 7.06. The van der Waals surface area contributed by atoms with Gasteiger partial charge in [0.25, 0.3) is 0 Å². The topological polar surface area (TPSA) is 32.3 Å². The van der Waals surface area contributed by atoms with Crippen molar-refractivity contribution in [2.45, 2.75) is 13.3 Å². The predicted octanol–water partition coefficient (Wildman–Crippen LogP) is 3.98. The Morgan fingerprint density at radius 2 is 1.70 bits per heavy atom. The van der Waals surface area contributed by atoms with Gasteiger partial charge in [-0.15, -0.1) is 0 Å². The number of nitrogens with one attached hydrogen (secondary N) is 1. The lowest BCUT2D eigenvalue weighted by Crippen LogP contribution is -2.46. The summed E-state index contributed by atoms with van der Waals surface area (Å²) in [5.74, 6) is -0.0305. The van der Waals surface area contributed by atoms with Crippen LogP contribution in [0.1, 0.15) is 18.1 Å². The third-order valence-electron chi connectivity index (χ3n) is 3.50. The summed E-state index contributed by atoms with van der Waals surface area (Å²) in [5.41, 5.74) is 5.88. The third kappa shape index (κ3) is 3.63. The van der Waals surface area contributed by atoms with Gasteiger partial charge >= 0.3 is 0 Å². The Balaban J connectivity index is 1.93. The summed E-state index contributed by atoms with van der Waals surface area (Å²) in [5, 5.41) is 1.58. The lowest BCUT2D eigenvalue weighted by atomic mass is 10.1. The number of carbonyl (C=O) groups is 1. The van der Waals surface area contributed by atoms with Crippen molar-refractivity contribution < 1.29 is 4.79 Å². The number of allylic oxidation sites excluding steroid dienone is 1. The van der Waals surface area contributed by atoms with E-state index in [4.69, 9.17) is 12.2 Å². The van der Waals surface area contributed by atoms with E-state index in [9.17, 15) is 4.79 Å². The molecule has 2 aromatic rings. The van der Waals surface area contributed by atoms with E-state index in [1.165, 1.54) is 11.8 Å². The fraction of sp³-hybridized carbons (Fsp3) is 0.111. The van der Waals surface area contributed by atoms with Crippen LogP contribution in [0.2, 0.25) is 0 Å². The molecule has 5 heteroatoms. The average Bonchev–Trinajstić information content (AvgIpc) is 2.56. The van der Waals surface area contributed by atoms with E-state index in [2.05, 4.69) is 5.43 Å².